The van der Waals surface area contributed by atoms with Crippen LogP contribution in [0.2, 0.25) is 0 Å². The molecule has 0 bridgehead atoms. The SMILES string of the molecule is CCCCCOc1ncccc1[C@@H](C)N. The van der Waals surface area contributed by atoms with E-state index in [2.05, 4.69) is 11.9 Å². The molecule has 84 valence electrons. The topological polar surface area (TPSA) is 48.1 Å². The zero-order valence-corrected chi connectivity index (χ0v) is 9.57. The maximum Gasteiger partial charge on any atom is 0.218 e. The van der Waals surface area contributed by atoms with Gasteiger partial charge in [-0.3, -0.25) is 0 Å². The third-order valence-electron chi connectivity index (χ3n) is 2.28. The number of ether oxygens (including phenoxy) is 1. The van der Waals surface area contributed by atoms with E-state index in [9.17, 15) is 0 Å². The van der Waals surface area contributed by atoms with Gasteiger partial charge in [0.05, 0.1) is 6.61 Å². The fraction of sp³-hybridized carbons (Fsp3) is 0.583. The van der Waals surface area contributed by atoms with Crippen LogP contribution in [0.5, 0.6) is 5.88 Å². The van der Waals surface area contributed by atoms with Crippen molar-refractivity contribution in [3.8, 4) is 5.88 Å². The fourth-order valence-corrected chi connectivity index (χ4v) is 1.39. The maximum atomic E-state index is 5.82. The average molecular weight is 208 g/mol. The molecule has 0 aliphatic rings. The zero-order chi connectivity index (χ0) is 11.1. The molecule has 1 aromatic rings. The van der Waals surface area contributed by atoms with Crippen molar-refractivity contribution in [3.05, 3.63) is 23.9 Å². The first-order chi connectivity index (χ1) is 7.25. The van der Waals surface area contributed by atoms with Crippen LogP contribution in [0.3, 0.4) is 0 Å². The molecule has 0 aromatic carbocycles. The van der Waals surface area contributed by atoms with E-state index < -0.39 is 0 Å². The highest BCUT2D eigenvalue weighted by Gasteiger charge is 2.07. The molecule has 1 atom stereocenters. The van der Waals surface area contributed by atoms with Gasteiger partial charge in [-0.25, -0.2) is 4.98 Å². The van der Waals surface area contributed by atoms with E-state index in [1.807, 2.05) is 19.1 Å². The van der Waals surface area contributed by atoms with Crippen LogP contribution in [0, 0.1) is 0 Å². The molecule has 1 aromatic heterocycles. The van der Waals surface area contributed by atoms with E-state index in [0.717, 1.165) is 18.6 Å². The number of nitrogens with zero attached hydrogens (tertiary/aromatic N) is 1. The van der Waals surface area contributed by atoms with Gasteiger partial charge in [0, 0.05) is 17.8 Å². The minimum Gasteiger partial charge on any atom is -0.477 e. The van der Waals surface area contributed by atoms with Crippen molar-refractivity contribution in [2.75, 3.05) is 6.61 Å². The highest BCUT2D eigenvalue weighted by molar-refractivity contribution is 5.27. The van der Waals surface area contributed by atoms with Crippen LogP contribution in [-0.2, 0) is 0 Å². The van der Waals surface area contributed by atoms with E-state index in [1.165, 1.54) is 12.8 Å². The molecule has 0 saturated heterocycles. The molecular weight excluding hydrogens is 188 g/mol. The lowest BCUT2D eigenvalue weighted by atomic mass is 10.1. The lowest BCUT2D eigenvalue weighted by Gasteiger charge is -2.12. The molecule has 0 unspecified atom stereocenters. The number of rotatable bonds is 6. The first-order valence-corrected chi connectivity index (χ1v) is 5.59. The largest absolute Gasteiger partial charge is 0.477 e. The molecule has 0 amide bonds. The monoisotopic (exact) mass is 208 g/mol. The lowest BCUT2D eigenvalue weighted by molar-refractivity contribution is 0.290. The fourth-order valence-electron chi connectivity index (χ4n) is 1.39. The van der Waals surface area contributed by atoms with Gasteiger partial charge in [0.15, 0.2) is 0 Å². The highest BCUT2D eigenvalue weighted by atomic mass is 16.5. The summed E-state index contributed by atoms with van der Waals surface area (Å²) in [5.74, 6) is 0.684. The minimum atomic E-state index is -0.0279. The van der Waals surface area contributed by atoms with Crippen molar-refractivity contribution in [1.29, 1.82) is 0 Å². The Balaban J connectivity index is 2.52. The van der Waals surface area contributed by atoms with Crippen LogP contribution in [0.4, 0.5) is 0 Å². The summed E-state index contributed by atoms with van der Waals surface area (Å²) in [5.41, 5.74) is 6.81. The second kappa shape index (κ2) is 6.40. The quantitative estimate of drug-likeness (QED) is 0.731. The zero-order valence-electron chi connectivity index (χ0n) is 9.57. The van der Waals surface area contributed by atoms with Crippen molar-refractivity contribution in [1.82, 2.24) is 4.98 Å². The van der Waals surface area contributed by atoms with Crippen LogP contribution in [0.1, 0.15) is 44.7 Å². The molecule has 1 rings (SSSR count). The van der Waals surface area contributed by atoms with E-state index in [4.69, 9.17) is 10.5 Å². The molecule has 1 heterocycles. The number of nitrogens with two attached hydrogens (primary N) is 1. The van der Waals surface area contributed by atoms with Crippen LogP contribution in [-0.4, -0.2) is 11.6 Å². The molecule has 0 aliphatic carbocycles. The van der Waals surface area contributed by atoms with Crippen molar-refractivity contribution < 1.29 is 4.74 Å². The van der Waals surface area contributed by atoms with Gasteiger partial charge in [-0.1, -0.05) is 25.8 Å². The summed E-state index contributed by atoms with van der Waals surface area (Å²) < 4.78 is 5.61. The molecule has 3 nitrogen and oxygen atoms in total. The van der Waals surface area contributed by atoms with Gasteiger partial charge in [0.1, 0.15) is 0 Å². The predicted octanol–water partition coefficient (Wildman–Crippen LogP) is 2.67. The molecule has 0 saturated carbocycles. The van der Waals surface area contributed by atoms with Gasteiger partial charge < -0.3 is 10.5 Å². The first kappa shape index (κ1) is 12.0. The Kier molecular flexibility index (Phi) is 5.12. The van der Waals surface area contributed by atoms with Gasteiger partial charge >= 0.3 is 0 Å². The normalized spacial score (nSPS) is 12.5. The third kappa shape index (κ3) is 3.88. The number of aromatic nitrogens is 1. The summed E-state index contributed by atoms with van der Waals surface area (Å²) in [6.07, 6.45) is 5.21. The standard InChI is InChI=1S/C12H20N2O/c1-3-4-5-9-15-12-11(10(2)13)7-6-8-14-12/h6-8,10H,3-5,9,13H2,1-2H3/t10-/m1/s1. The summed E-state index contributed by atoms with van der Waals surface area (Å²) in [4.78, 5) is 4.20. The molecule has 0 fully saturated rings. The molecular formula is C12H20N2O. The molecule has 0 radical (unpaired) electrons. The smallest absolute Gasteiger partial charge is 0.218 e. The number of hydrogen-bond donors (Lipinski definition) is 1. The van der Waals surface area contributed by atoms with E-state index in [-0.39, 0.29) is 6.04 Å². The van der Waals surface area contributed by atoms with Gasteiger partial charge in [0.2, 0.25) is 5.88 Å². The van der Waals surface area contributed by atoms with Gasteiger partial charge in [-0.2, -0.15) is 0 Å². The molecule has 3 heteroatoms. The Morgan fingerprint density at radius 3 is 2.93 bits per heavy atom. The molecule has 2 N–H and O–H groups in total. The van der Waals surface area contributed by atoms with E-state index >= 15 is 0 Å². The highest BCUT2D eigenvalue weighted by Crippen LogP contribution is 2.20. The second-order valence-corrected chi connectivity index (χ2v) is 3.74. The summed E-state index contributed by atoms with van der Waals surface area (Å²) in [6.45, 7) is 4.84. The van der Waals surface area contributed by atoms with Crippen LogP contribution in [0.15, 0.2) is 18.3 Å². The summed E-state index contributed by atoms with van der Waals surface area (Å²) in [7, 11) is 0. The third-order valence-corrected chi connectivity index (χ3v) is 2.28. The van der Waals surface area contributed by atoms with Crippen LogP contribution < -0.4 is 10.5 Å². The van der Waals surface area contributed by atoms with Crippen molar-refractivity contribution in [2.24, 2.45) is 5.73 Å². The molecule has 0 aliphatic heterocycles. The Morgan fingerprint density at radius 1 is 1.47 bits per heavy atom. The summed E-state index contributed by atoms with van der Waals surface area (Å²) in [5, 5.41) is 0. The number of unbranched alkanes of at least 4 members (excludes halogenated alkanes) is 2. The van der Waals surface area contributed by atoms with E-state index in [0.29, 0.717) is 5.88 Å². The Labute approximate surface area is 91.7 Å². The van der Waals surface area contributed by atoms with Crippen molar-refractivity contribution in [3.63, 3.8) is 0 Å². The maximum absolute atomic E-state index is 5.82. The Bertz CT molecular complexity index is 287. The second-order valence-electron chi connectivity index (χ2n) is 3.74. The van der Waals surface area contributed by atoms with Crippen LogP contribution in [0.25, 0.3) is 0 Å². The predicted molar refractivity (Wildman–Crippen MR) is 61.9 cm³/mol. The first-order valence-electron chi connectivity index (χ1n) is 5.59. The van der Waals surface area contributed by atoms with Gasteiger partial charge in [-0.05, 0) is 19.4 Å². The lowest BCUT2D eigenvalue weighted by Crippen LogP contribution is -2.09. The van der Waals surface area contributed by atoms with Crippen molar-refractivity contribution >= 4 is 0 Å². The van der Waals surface area contributed by atoms with Crippen molar-refractivity contribution in [2.45, 2.75) is 39.2 Å². The Hall–Kier alpha value is -1.09. The average Bonchev–Trinajstić information content (AvgIpc) is 2.25. The van der Waals surface area contributed by atoms with Crippen LogP contribution >= 0.6 is 0 Å². The minimum absolute atomic E-state index is 0.0279. The summed E-state index contributed by atoms with van der Waals surface area (Å²) in [6, 6.07) is 3.82. The van der Waals surface area contributed by atoms with Gasteiger partial charge in [0.25, 0.3) is 0 Å². The van der Waals surface area contributed by atoms with E-state index in [1.54, 1.807) is 6.20 Å². The number of pyridine rings is 1. The molecule has 0 spiro atoms. The van der Waals surface area contributed by atoms with Gasteiger partial charge in [-0.15, -0.1) is 0 Å². The molecule has 15 heavy (non-hydrogen) atoms. The summed E-state index contributed by atoms with van der Waals surface area (Å²) >= 11 is 0. The Morgan fingerprint density at radius 2 is 2.27 bits per heavy atom. The number of hydrogen-bond acceptors (Lipinski definition) is 3.